The number of halogens is 3. The first kappa shape index (κ1) is 18.0. The number of urea groups is 1. The van der Waals surface area contributed by atoms with Crippen molar-refractivity contribution in [2.75, 3.05) is 11.9 Å². The van der Waals surface area contributed by atoms with Gasteiger partial charge in [0.15, 0.2) is 0 Å². The molecule has 10 heteroatoms. The van der Waals surface area contributed by atoms with E-state index in [4.69, 9.17) is 11.6 Å². The maximum Gasteiger partial charge on any atom is 0.323 e. The van der Waals surface area contributed by atoms with E-state index >= 15 is 0 Å². The van der Waals surface area contributed by atoms with Crippen LogP contribution in [0.1, 0.15) is 24.2 Å². The number of aromatic nitrogens is 2. The molecule has 3 rings (SSSR count). The van der Waals surface area contributed by atoms with Crippen LogP contribution in [-0.2, 0) is 11.3 Å². The van der Waals surface area contributed by atoms with Gasteiger partial charge in [0.2, 0.25) is 5.91 Å². The first-order chi connectivity index (χ1) is 12.3. The van der Waals surface area contributed by atoms with Crippen LogP contribution in [0.25, 0.3) is 0 Å². The van der Waals surface area contributed by atoms with E-state index < -0.39 is 29.6 Å². The summed E-state index contributed by atoms with van der Waals surface area (Å²) in [6.07, 6.45) is 2.28. The Morgan fingerprint density at radius 2 is 2.15 bits per heavy atom. The molecule has 0 aromatic carbocycles. The van der Waals surface area contributed by atoms with Crippen molar-refractivity contribution in [2.24, 2.45) is 0 Å². The zero-order chi connectivity index (χ0) is 18.8. The van der Waals surface area contributed by atoms with Crippen molar-refractivity contribution in [3.8, 4) is 0 Å². The van der Waals surface area contributed by atoms with Crippen molar-refractivity contribution >= 4 is 29.4 Å². The molecule has 1 aliphatic heterocycles. The fraction of sp³-hybridized carbons (Fsp3) is 0.250. The van der Waals surface area contributed by atoms with Crippen molar-refractivity contribution in [1.82, 2.24) is 20.2 Å². The van der Waals surface area contributed by atoms with E-state index in [2.05, 4.69) is 20.6 Å². The Labute approximate surface area is 152 Å². The second kappa shape index (κ2) is 7.20. The van der Waals surface area contributed by atoms with Gasteiger partial charge < -0.3 is 10.2 Å². The molecule has 0 bridgehead atoms. The van der Waals surface area contributed by atoms with Crippen LogP contribution in [0.4, 0.5) is 19.4 Å². The number of hydrogen-bond acceptors (Lipinski definition) is 4. The molecule has 2 N–H and O–H groups in total. The lowest BCUT2D eigenvalue weighted by atomic mass is 10.2. The summed E-state index contributed by atoms with van der Waals surface area (Å²) in [4.78, 5) is 33.2. The standard InChI is InChI=1S/C16H14ClF2N5O2/c1-8(14-12(19)3-11(18)5-20-14)22-13(25)7-24-6-9-2-10(17)4-21-15(9)23-16(24)26/h2-5,8H,6-7H2,1H3,(H,22,25)(H,21,23,26)/t8-/m1/s1. The summed E-state index contributed by atoms with van der Waals surface area (Å²) in [5.41, 5.74) is 0.577. The SMILES string of the molecule is C[C@@H](NC(=O)CN1Cc2cc(Cl)cnc2NC1=O)c1ncc(F)cc1F. The molecule has 136 valence electrons. The quantitative estimate of drug-likeness (QED) is 0.852. The van der Waals surface area contributed by atoms with Crippen molar-refractivity contribution in [2.45, 2.75) is 19.5 Å². The van der Waals surface area contributed by atoms with Crippen LogP contribution in [-0.4, -0.2) is 33.4 Å². The van der Waals surface area contributed by atoms with Gasteiger partial charge in [-0.15, -0.1) is 0 Å². The fourth-order valence-electron chi connectivity index (χ4n) is 2.57. The lowest BCUT2D eigenvalue weighted by molar-refractivity contribution is -0.122. The zero-order valence-corrected chi connectivity index (χ0v) is 14.3. The molecule has 0 fully saturated rings. The largest absolute Gasteiger partial charge is 0.346 e. The first-order valence-corrected chi connectivity index (χ1v) is 8.02. The molecular formula is C16H14ClF2N5O2. The zero-order valence-electron chi connectivity index (χ0n) is 13.6. The highest BCUT2D eigenvalue weighted by Gasteiger charge is 2.26. The molecule has 3 heterocycles. The van der Waals surface area contributed by atoms with Gasteiger partial charge in [-0.25, -0.2) is 18.6 Å². The number of fused-ring (bicyclic) bond motifs is 1. The smallest absolute Gasteiger partial charge is 0.323 e. The predicted molar refractivity (Wildman–Crippen MR) is 89.4 cm³/mol. The summed E-state index contributed by atoms with van der Waals surface area (Å²) < 4.78 is 26.6. The molecule has 0 unspecified atom stereocenters. The van der Waals surface area contributed by atoms with Crippen molar-refractivity contribution in [1.29, 1.82) is 0 Å². The summed E-state index contributed by atoms with van der Waals surface area (Å²) in [6, 6.07) is 1.06. The highest BCUT2D eigenvalue weighted by Crippen LogP contribution is 2.23. The molecule has 7 nitrogen and oxygen atoms in total. The van der Waals surface area contributed by atoms with E-state index in [1.165, 1.54) is 18.0 Å². The average Bonchev–Trinajstić information content (AvgIpc) is 2.55. The minimum absolute atomic E-state index is 0.0934. The number of anilines is 1. The average molecular weight is 382 g/mol. The number of pyridine rings is 2. The second-order valence-electron chi connectivity index (χ2n) is 5.76. The maximum absolute atomic E-state index is 13.7. The third-order valence-electron chi connectivity index (χ3n) is 3.77. The lowest BCUT2D eigenvalue weighted by Gasteiger charge is -2.28. The van der Waals surface area contributed by atoms with E-state index in [-0.39, 0.29) is 18.8 Å². The first-order valence-electron chi connectivity index (χ1n) is 7.64. The summed E-state index contributed by atoms with van der Waals surface area (Å²) in [7, 11) is 0. The van der Waals surface area contributed by atoms with Gasteiger partial charge >= 0.3 is 6.03 Å². The monoisotopic (exact) mass is 381 g/mol. The molecule has 0 spiro atoms. The van der Waals surface area contributed by atoms with Crippen LogP contribution < -0.4 is 10.6 Å². The van der Waals surface area contributed by atoms with Crippen molar-refractivity contribution in [3.63, 3.8) is 0 Å². The van der Waals surface area contributed by atoms with Gasteiger partial charge in [0.05, 0.1) is 29.5 Å². The number of amides is 3. The molecule has 0 saturated carbocycles. The van der Waals surface area contributed by atoms with Gasteiger partial charge in [0, 0.05) is 17.8 Å². The number of hydrogen-bond donors (Lipinski definition) is 2. The molecule has 3 amide bonds. The molecule has 0 aliphatic carbocycles. The number of rotatable bonds is 4. The van der Waals surface area contributed by atoms with E-state index in [9.17, 15) is 18.4 Å². The van der Waals surface area contributed by atoms with Crippen LogP contribution >= 0.6 is 11.6 Å². The van der Waals surface area contributed by atoms with E-state index in [0.29, 0.717) is 22.5 Å². The molecule has 0 saturated heterocycles. The molecule has 1 atom stereocenters. The fourth-order valence-corrected chi connectivity index (χ4v) is 2.75. The van der Waals surface area contributed by atoms with Crippen LogP contribution in [0.3, 0.4) is 0 Å². The number of carbonyl (C=O) groups excluding carboxylic acids is 2. The van der Waals surface area contributed by atoms with Gasteiger partial charge in [0.25, 0.3) is 0 Å². The summed E-state index contributed by atoms with van der Waals surface area (Å²) >= 11 is 5.89. The summed E-state index contributed by atoms with van der Waals surface area (Å²) in [5.74, 6) is -1.79. The maximum atomic E-state index is 13.7. The van der Waals surface area contributed by atoms with Crippen molar-refractivity contribution < 1.29 is 18.4 Å². The van der Waals surface area contributed by atoms with E-state index in [1.54, 1.807) is 6.07 Å². The van der Waals surface area contributed by atoms with E-state index in [0.717, 1.165) is 6.20 Å². The third kappa shape index (κ3) is 3.88. The Kier molecular flexibility index (Phi) is 4.99. The van der Waals surface area contributed by atoms with Crippen LogP contribution in [0, 0.1) is 11.6 Å². The van der Waals surface area contributed by atoms with Crippen LogP contribution in [0.15, 0.2) is 24.5 Å². The lowest BCUT2D eigenvalue weighted by Crippen LogP contribution is -2.45. The number of nitrogens with one attached hydrogen (secondary N) is 2. The second-order valence-corrected chi connectivity index (χ2v) is 6.19. The Bertz CT molecular complexity index is 880. The summed E-state index contributed by atoms with van der Waals surface area (Å²) in [5, 5.41) is 5.51. The number of nitrogens with zero attached hydrogens (tertiary/aromatic N) is 3. The Morgan fingerprint density at radius 1 is 1.38 bits per heavy atom. The number of carbonyl (C=O) groups is 2. The molecule has 1 aliphatic rings. The molecule has 2 aromatic heterocycles. The van der Waals surface area contributed by atoms with E-state index in [1.807, 2.05) is 0 Å². The van der Waals surface area contributed by atoms with Gasteiger partial charge in [0.1, 0.15) is 24.0 Å². The highest BCUT2D eigenvalue weighted by atomic mass is 35.5. The van der Waals surface area contributed by atoms with Gasteiger partial charge in [-0.1, -0.05) is 11.6 Å². The van der Waals surface area contributed by atoms with Crippen molar-refractivity contribution in [3.05, 3.63) is 52.4 Å². The van der Waals surface area contributed by atoms with Crippen LogP contribution in [0.2, 0.25) is 5.02 Å². The van der Waals surface area contributed by atoms with Gasteiger partial charge in [-0.3, -0.25) is 15.1 Å². The Morgan fingerprint density at radius 3 is 2.88 bits per heavy atom. The molecular weight excluding hydrogens is 368 g/mol. The van der Waals surface area contributed by atoms with Gasteiger partial charge in [-0.05, 0) is 13.0 Å². The van der Waals surface area contributed by atoms with Crippen LogP contribution in [0.5, 0.6) is 0 Å². The topological polar surface area (TPSA) is 87.2 Å². The molecule has 0 radical (unpaired) electrons. The Balaban J connectivity index is 1.65. The molecule has 2 aromatic rings. The Hall–Kier alpha value is -2.81. The third-order valence-corrected chi connectivity index (χ3v) is 3.97. The van der Waals surface area contributed by atoms with Gasteiger partial charge in [-0.2, -0.15) is 0 Å². The normalized spacial score (nSPS) is 14.5. The predicted octanol–water partition coefficient (Wildman–Crippen LogP) is 2.63. The minimum atomic E-state index is -0.858. The minimum Gasteiger partial charge on any atom is -0.346 e. The molecule has 26 heavy (non-hydrogen) atoms. The highest BCUT2D eigenvalue weighted by molar-refractivity contribution is 6.30. The summed E-state index contributed by atoms with van der Waals surface area (Å²) in [6.45, 7) is 1.40.